The summed E-state index contributed by atoms with van der Waals surface area (Å²) in [6.07, 6.45) is -0.0717. The number of ether oxygens (including phenoxy) is 2. The molecule has 0 atom stereocenters. The fourth-order valence-electron chi connectivity index (χ4n) is 2.76. The number of hydrogen-bond donors (Lipinski definition) is 0. The van der Waals surface area contributed by atoms with Gasteiger partial charge in [0, 0.05) is 10.6 Å². The number of benzene rings is 2. The van der Waals surface area contributed by atoms with Gasteiger partial charge in [0.05, 0.1) is 29.7 Å². The molecule has 0 aliphatic carbocycles. The van der Waals surface area contributed by atoms with Crippen molar-refractivity contribution >= 4 is 28.8 Å². The molecule has 3 aromatic rings. The van der Waals surface area contributed by atoms with E-state index in [9.17, 15) is 5.26 Å². The quantitative estimate of drug-likeness (QED) is 0.303. The summed E-state index contributed by atoms with van der Waals surface area (Å²) in [6.45, 7) is 3.77. The van der Waals surface area contributed by atoms with Crippen molar-refractivity contribution in [3.05, 3.63) is 74.9 Å². The zero-order chi connectivity index (χ0) is 23.3. The van der Waals surface area contributed by atoms with Gasteiger partial charge in [0.25, 0.3) is 5.89 Å². The maximum atomic E-state index is 15.2. The lowest BCUT2D eigenvalue weighted by atomic mass is 10.1. The molecule has 0 aliphatic rings. The molecule has 2 aromatic carbocycles. The minimum Gasteiger partial charge on any atom is -0.497 e. The van der Waals surface area contributed by atoms with Gasteiger partial charge in [-0.25, -0.2) is 4.39 Å². The van der Waals surface area contributed by atoms with Crippen molar-refractivity contribution in [1.29, 1.82) is 10.5 Å². The number of halogens is 3. The molecular weight excluding hydrogens is 458 g/mol. The Morgan fingerprint density at radius 1 is 1.19 bits per heavy atom. The largest absolute Gasteiger partial charge is 0.497 e. The van der Waals surface area contributed by atoms with Crippen LogP contribution in [0.1, 0.15) is 36.8 Å². The lowest BCUT2D eigenvalue weighted by molar-refractivity contribution is 0.233. The van der Waals surface area contributed by atoms with Crippen LogP contribution in [-0.2, 0) is 11.2 Å². The highest BCUT2D eigenvalue weighted by molar-refractivity contribution is 6.32. The van der Waals surface area contributed by atoms with Crippen LogP contribution >= 0.6 is 23.2 Å². The third-order valence-corrected chi connectivity index (χ3v) is 4.71. The summed E-state index contributed by atoms with van der Waals surface area (Å²) in [5.74, 6) is -0.419. The molecule has 1 heterocycles. The highest BCUT2D eigenvalue weighted by atomic mass is 35.5. The van der Waals surface area contributed by atoms with Crippen LogP contribution in [0.15, 0.2) is 40.5 Å². The molecule has 7 nitrogen and oxygen atoms in total. The number of allylic oxidation sites excluding steroid dienone is 2. The first-order valence-electron chi connectivity index (χ1n) is 9.28. The van der Waals surface area contributed by atoms with E-state index in [0.717, 1.165) is 0 Å². The van der Waals surface area contributed by atoms with E-state index in [0.29, 0.717) is 12.4 Å². The topological polar surface area (TPSA) is 105 Å². The van der Waals surface area contributed by atoms with E-state index >= 15 is 4.39 Å². The summed E-state index contributed by atoms with van der Waals surface area (Å²) in [4.78, 5) is 0. The Balaban J connectivity index is 1.90. The number of nitrogens with zero attached hydrogens (tertiary/aromatic N) is 4. The second kappa shape index (κ2) is 10.1. The molecule has 0 amide bonds. The van der Waals surface area contributed by atoms with Crippen LogP contribution in [0.3, 0.4) is 0 Å². The van der Waals surface area contributed by atoms with Crippen LogP contribution in [0.5, 0.6) is 11.5 Å². The van der Waals surface area contributed by atoms with E-state index in [2.05, 4.69) is 10.2 Å². The maximum Gasteiger partial charge on any atom is 0.261 e. The van der Waals surface area contributed by atoms with Gasteiger partial charge in [-0.2, -0.15) is 10.5 Å². The average Bonchev–Trinajstić information content (AvgIpc) is 3.21. The molecule has 32 heavy (non-hydrogen) atoms. The van der Waals surface area contributed by atoms with Gasteiger partial charge in [0.15, 0.2) is 17.1 Å². The first-order valence-corrected chi connectivity index (χ1v) is 10.0. The normalized spacial score (nSPS) is 11.3. The third-order valence-electron chi connectivity index (χ3n) is 4.20. The Bertz CT molecular complexity index is 1280. The first kappa shape index (κ1) is 23.1. The lowest BCUT2D eigenvalue weighted by Crippen LogP contribution is -1.98. The third kappa shape index (κ3) is 5.17. The zero-order valence-corrected chi connectivity index (χ0v) is 18.5. The monoisotopic (exact) mass is 472 g/mol. The van der Waals surface area contributed by atoms with Crippen molar-refractivity contribution < 1.29 is 18.3 Å². The van der Waals surface area contributed by atoms with Gasteiger partial charge >= 0.3 is 0 Å². The highest BCUT2D eigenvalue weighted by Crippen LogP contribution is 2.36. The molecule has 3 rings (SSSR count). The summed E-state index contributed by atoms with van der Waals surface area (Å²) < 4.78 is 31.6. The number of hydrogen-bond acceptors (Lipinski definition) is 7. The van der Waals surface area contributed by atoms with E-state index in [-0.39, 0.29) is 56.4 Å². The minimum absolute atomic E-state index is 0.0257. The van der Waals surface area contributed by atoms with E-state index < -0.39 is 5.82 Å². The molecule has 0 saturated carbocycles. The maximum absolute atomic E-state index is 15.2. The van der Waals surface area contributed by atoms with Crippen LogP contribution in [0, 0.1) is 28.5 Å². The number of aromatic nitrogens is 2. The van der Waals surface area contributed by atoms with Crippen molar-refractivity contribution in [2.45, 2.75) is 20.3 Å². The summed E-state index contributed by atoms with van der Waals surface area (Å²) in [5.41, 5.74) is 0.522. The SMILES string of the molecule is CCO/C(C)=C(\C#N)c1nnc(Cc2ccc(Cl)c(Oc3cc(Cl)cc(C#N)c3)c2F)o1. The van der Waals surface area contributed by atoms with Gasteiger partial charge < -0.3 is 13.9 Å². The molecule has 0 bridgehead atoms. The molecular formula is C22H15Cl2FN4O3. The molecule has 162 valence electrons. The highest BCUT2D eigenvalue weighted by Gasteiger charge is 2.20. The lowest BCUT2D eigenvalue weighted by Gasteiger charge is -2.11. The van der Waals surface area contributed by atoms with E-state index in [4.69, 9.17) is 42.4 Å². The predicted molar refractivity (Wildman–Crippen MR) is 115 cm³/mol. The van der Waals surface area contributed by atoms with Crippen LogP contribution in [0.4, 0.5) is 4.39 Å². The van der Waals surface area contributed by atoms with Crippen LogP contribution in [-0.4, -0.2) is 16.8 Å². The predicted octanol–water partition coefficient (Wildman–Crippen LogP) is 6.06. The Kier molecular flexibility index (Phi) is 7.32. The van der Waals surface area contributed by atoms with E-state index in [1.165, 1.54) is 30.3 Å². The van der Waals surface area contributed by atoms with E-state index in [1.54, 1.807) is 13.8 Å². The van der Waals surface area contributed by atoms with Crippen LogP contribution < -0.4 is 4.74 Å². The van der Waals surface area contributed by atoms with E-state index in [1.807, 2.05) is 12.1 Å². The standard InChI is InChI=1S/C22H15Cl2FN4O3/c1-3-30-12(2)17(11-27)22-29-28-19(32-22)8-14-4-5-18(24)21(20(14)25)31-16-7-13(10-26)6-15(23)9-16/h4-7,9H,3,8H2,1-2H3/b17-12+. The van der Waals surface area contributed by atoms with Gasteiger partial charge in [0.2, 0.25) is 5.89 Å². The number of rotatable bonds is 7. The molecule has 0 spiro atoms. The molecule has 0 N–H and O–H groups in total. The van der Waals surface area contributed by atoms with Gasteiger partial charge in [-0.15, -0.1) is 10.2 Å². The molecule has 10 heteroatoms. The molecule has 0 fully saturated rings. The first-order chi connectivity index (χ1) is 15.4. The Hall–Kier alpha value is -3.59. The summed E-state index contributed by atoms with van der Waals surface area (Å²) in [5, 5.41) is 26.4. The average molecular weight is 473 g/mol. The Morgan fingerprint density at radius 3 is 2.66 bits per heavy atom. The number of nitriles is 2. The van der Waals surface area contributed by atoms with Gasteiger partial charge in [-0.3, -0.25) is 0 Å². The zero-order valence-electron chi connectivity index (χ0n) is 16.9. The molecule has 0 radical (unpaired) electrons. The fourth-order valence-corrected chi connectivity index (χ4v) is 3.17. The smallest absolute Gasteiger partial charge is 0.261 e. The summed E-state index contributed by atoms with van der Waals surface area (Å²) >= 11 is 12.1. The van der Waals surface area contributed by atoms with Crippen molar-refractivity contribution in [1.82, 2.24) is 10.2 Å². The second-order valence-electron chi connectivity index (χ2n) is 6.39. The van der Waals surface area contributed by atoms with Crippen molar-refractivity contribution in [3.8, 4) is 23.6 Å². The molecule has 0 unspecified atom stereocenters. The Labute approximate surface area is 193 Å². The molecule has 0 saturated heterocycles. The van der Waals surface area contributed by atoms with Gasteiger partial charge in [-0.05, 0) is 38.1 Å². The molecule has 0 aliphatic heterocycles. The summed E-state index contributed by atoms with van der Waals surface area (Å²) in [7, 11) is 0. The van der Waals surface area contributed by atoms with Gasteiger partial charge in [0.1, 0.15) is 17.6 Å². The minimum atomic E-state index is -0.739. The van der Waals surface area contributed by atoms with Crippen LogP contribution in [0.25, 0.3) is 5.57 Å². The second-order valence-corrected chi connectivity index (χ2v) is 7.24. The van der Waals surface area contributed by atoms with Crippen molar-refractivity contribution in [2.75, 3.05) is 6.61 Å². The van der Waals surface area contributed by atoms with Gasteiger partial charge in [-0.1, -0.05) is 29.3 Å². The molecule has 1 aromatic heterocycles. The Morgan fingerprint density at radius 2 is 1.97 bits per heavy atom. The van der Waals surface area contributed by atoms with Crippen molar-refractivity contribution in [2.24, 2.45) is 0 Å². The fraction of sp³-hybridized carbons (Fsp3) is 0.182. The van der Waals surface area contributed by atoms with Crippen LogP contribution in [0.2, 0.25) is 10.0 Å². The summed E-state index contributed by atoms with van der Waals surface area (Å²) in [6, 6.07) is 11.1. The van der Waals surface area contributed by atoms with Crippen molar-refractivity contribution in [3.63, 3.8) is 0 Å².